The third-order valence-electron chi connectivity index (χ3n) is 2.81. The van der Waals surface area contributed by atoms with Crippen LogP contribution in [0.2, 0.25) is 0 Å². The monoisotopic (exact) mass is 227 g/mol. The van der Waals surface area contributed by atoms with E-state index in [1.807, 2.05) is 25.1 Å². The van der Waals surface area contributed by atoms with Crippen molar-refractivity contribution in [1.82, 2.24) is 4.57 Å². The van der Waals surface area contributed by atoms with Crippen molar-refractivity contribution < 1.29 is 4.79 Å². The van der Waals surface area contributed by atoms with E-state index in [1.54, 1.807) is 25.4 Å². The molecule has 0 unspecified atom stereocenters. The molecule has 0 spiro atoms. The lowest BCUT2D eigenvalue weighted by molar-refractivity contribution is 0.112. The molecule has 0 aliphatic heterocycles. The van der Waals surface area contributed by atoms with Gasteiger partial charge >= 0.3 is 0 Å². The van der Waals surface area contributed by atoms with Crippen LogP contribution in [0, 0.1) is 6.92 Å². The zero-order chi connectivity index (χ0) is 12.4. The molecule has 1 heterocycles. The molecule has 1 aromatic heterocycles. The maximum atomic E-state index is 11.5. The number of carbonyl (C=O) groups is 1. The fourth-order valence-corrected chi connectivity index (χ4v) is 1.85. The number of hydrogen-bond donors (Lipinski definition) is 0. The summed E-state index contributed by atoms with van der Waals surface area (Å²) in [6.07, 6.45) is 2.60. The summed E-state index contributed by atoms with van der Waals surface area (Å²) >= 11 is 0. The van der Waals surface area contributed by atoms with Gasteiger partial charge in [0.2, 0.25) is 0 Å². The Kier molecular flexibility index (Phi) is 2.91. The second-order valence-electron chi connectivity index (χ2n) is 4.02. The van der Waals surface area contributed by atoms with E-state index in [2.05, 4.69) is 0 Å². The fourth-order valence-electron chi connectivity index (χ4n) is 1.85. The minimum absolute atomic E-state index is 0.0464. The molecular formula is C14H13NO2. The molecule has 2 rings (SSSR count). The van der Waals surface area contributed by atoms with Gasteiger partial charge in [0.25, 0.3) is 5.56 Å². The Morgan fingerprint density at radius 2 is 1.88 bits per heavy atom. The predicted molar refractivity (Wildman–Crippen MR) is 67.2 cm³/mol. The number of rotatable bonds is 2. The van der Waals surface area contributed by atoms with Crippen LogP contribution in [0.5, 0.6) is 0 Å². The van der Waals surface area contributed by atoms with Crippen LogP contribution in [0.1, 0.15) is 15.9 Å². The van der Waals surface area contributed by atoms with Gasteiger partial charge in [0.05, 0.1) is 0 Å². The lowest BCUT2D eigenvalue weighted by atomic mass is 9.98. The Balaban J connectivity index is 2.72. The zero-order valence-corrected chi connectivity index (χ0v) is 9.81. The van der Waals surface area contributed by atoms with Gasteiger partial charge in [-0.15, -0.1) is 0 Å². The summed E-state index contributed by atoms with van der Waals surface area (Å²) in [5.74, 6) is 0. The van der Waals surface area contributed by atoms with Crippen LogP contribution >= 0.6 is 0 Å². The van der Waals surface area contributed by atoms with Crippen LogP contribution in [0.15, 0.2) is 41.3 Å². The van der Waals surface area contributed by atoms with Gasteiger partial charge in [-0.05, 0) is 18.1 Å². The maximum absolute atomic E-state index is 11.5. The standard InChI is InChI=1S/C14H13NO2/c1-10-7-14(17)15(2)8-13(10)12-6-4-3-5-11(12)9-16/h3-9H,1-2H3. The number of aromatic nitrogens is 1. The van der Waals surface area contributed by atoms with Gasteiger partial charge in [-0.3, -0.25) is 9.59 Å². The van der Waals surface area contributed by atoms with Crippen LogP contribution in [-0.2, 0) is 7.05 Å². The molecule has 0 radical (unpaired) electrons. The van der Waals surface area contributed by atoms with Gasteiger partial charge in [0, 0.05) is 30.4 Å². The van der Waals surface area contributed by atoms with E-state index in [-0.39, 0.29) is 5.56 Å². The lowest BCUT2D eigenvalue weighted by Crippen LogP contribution is -2.15. The molecule has 3 nitrogen and oxygen atoms in total. The first-order valence-corrected chi connectivity index (χ1v) is 5.35. The number of benzene rings is 1. The summed E-state index contributed by atoms with van der Waals surface area (Å²) in [4.78, 5) is 22.5. The number of aldehydes is 1. The van der Waals surface area contributed by atoms with Crippen LogP contribution in [-0.4, -0.2) is 10.9 Å². The van der Waals surface area contributed by atoms with E-state index >= 15 is 0 Å². The molecule has 86 valence electrons. The molecule has 0 amide bonds. The molecule has 0 saturated carbocycles. The first kappa shape index (κ1) is 11.3. The van der Waals surface area contributed by atoms with Gasteiger partial charge in [-0.2, -0.15) is 0 Å². The highest BCUT2D eigenvalue weighted by molar-refractivity contribution is 5.88. The number of nitrogens with zero attached hydrogens (tertiary/aromatic N) is 1. The molecule has 0 aliphatic rings. The van der Waals surface area contributed by atoms with Crippen LogP contribution in [0.25, 0.3) is 11.1 Å². The average Bonchev–Trinajstić information content (AvgIpc) is 2.34. The Morgan fingerprint density at radius 3 is 2.59 bits per heavy atom. The van der Waals surface area contributed by atoms with Crippen molar-refractivity contribution in [3.63, 3.8) is 0 Å². The quantitative estimate of drug-likeness (QED) is 0.737. The van der Waals surface area contributed by atoms with E-state index in [9.17, 15) is 9.59 Å². The largest absolute Gasteiger partial charge is 0.318 e. The molecule has 1 aromatic carbocycles. The van der Waals surface area contributed by atoms with Crippen molar-refractivity contribution in [2.45, 2.75) is 6.92 Å². The molecule has 0 saturated heterocycles. The lowest BCUT2D eigenvalue weighted by Gasteiger charge is -2.09. The summed E-state index contributed by atoms with van der Waals surface area (Å²) in [5, 5.41) is 0. The normalized spacial score (nSPS) is 10.2. The highest BCUT2D eigenvalue weighted by atomic mass is 16.1. The van der Waals surface area contributed by atoms with Gasteiger partial charge in [-0.1, -0.05) is 24.3 Å². The van der Waals surface area contributed by atoms with Crippen molar-refractivity contribution in [2.24, 2.45) is 7.05 Å². The Hall–Kier alpha value is -2.16. The van der Waals surface area contributed by atoms with Crippen molar-refractivity contribution in [2.75, 3.05) is 0 Å². The number of pyridine rings is 1. The van der Waals surface area contributed by atoms with Crippen molar-refractivity contribution in [1.29, 1.82) is 0 Å². The third kappa shape index (κ3) is 2.04. The first-order chi connectivity index (χ1) is 8.13. The molecular weight excluding hydrogens is 214 g/mol. The van der Waals surface area contributed by atoms with E-state index in [0.29, 0.717) is 5.56 Å². The fraction of sp³-hybridized carbons (Fsp3) is 0.143. The maximum Gasteiger partial charge on any atom is 0.250 e. The molecule has 0 bridgehead atoms. The minimum Gasteiger partial charge on any atom is -0.318 e. The number of hydrogen-bond acceptors (Lipinski definition) is 2. The Morgan fingerprint density at radius 1 is 1.18 bits per heavy atom. The Labute approximate surface area is 99.3 Å². The van der Waals surface area contributed by atoms with Gasteiger partial charge < -0.3 is 4.57 Å². The molecule has 0 aliphatic carbocycles. The summed E-state index contributed by atoms with van der Waals surface area (Å²) in [7, 11) is 1.70. The topological polar surface area (TPSA) is 39.1 Å². The van der Waals surface area contributed by atoms with Crippen molar-refractivity contribution in [3.8, 4) is 11.1 Å². The van der Waals surface area contributed by atoms with Gasteiger partial charge in [0.15, 0.2) is 6.29 Å². The summed E-state index contributed by atoms with van der Waals surface area (Å²) in [5.41, 5.74) is 3.23. The SMILES string of the molecule is Cc1cc(=O)n(C)cc1-c1ccccc1C=O. The molecule has 0 fully saturated rings. The van der Waals surface area contributed by atoms with Crippen molar-refractivity contribution >= 4 is 6.29 Å². The zero-order valence-electron chi connectivity index (χ0n) is 9.81. The Bertz CT molecular complexity index is 626. The number of carbonyl (C=O) groups excluding carboxylic acids is 1. The van der Waals surface area contributed by atoms with E-state index in [0.717, 1.165) is 23.0 Å². The third-order valence-corrected chi connectivity index (χ3v) is 2.81. The van der Waals surface area contributed by atoms with Crippen LogP contribution < -0.4 is 5.56 Å². The van der Waals surface area contributed by atoms with E-state index < -0.39 is 0 Å². The van der Waals surface area contributed by atoms with Crippen molar-refractivity contribution in [3.05, 3.63) is 58.0 Å². The summed E-state index contributed by atoms with van der Waals surface area (Å²) in [6, 6.07) is 8.94. The number of aryl methyl sites for hydroxylation is 2. The smallest absolute Gasteiger partial charge is 0.250 e. The first-order valence-electron chi connectivity index (χ1n) is 5.35. The highest BCUT2D eigenvalue weighted by Gasteiger charge is 2.08. The predicted octanol–water partition coefficient (Wildman–Crippen LogP) is 2.17. The van der Waals surface area contributed by atoms with E-state index in [4.69, 9.17) is 0 Å². The second kappa shape index (κ2) is 4.37. The molecule has 17 heavy (non-hydrogen) atoms. The van der Waals surface area contributed by atoms with E-state index in [1.165, 1.54) is 4.57 Å². The highest BCUT2D eigenvalue weighted by Crippen LogP contribution is 2.24. The molecule has 0 N–H and O–H groups in total. The minimum atomic E-state index is -0.0464. The molecule has 0 atom stereocenters. The van der Waals surface area contributed by atoms with Crippen LogP contribution in [0.4, 0.5) is 0 Å². The van der Waals surface area contributed by atoms with Gasteiger partial charge in [0.1, 0.15) is 0 Å². The van der Waals surface area contributed by atoms with Gasteiger partial charge in [-0.25, -0.2) is 0 Å². The average molecular weight is 227 g/mol. The summed E-state index contributed by atoms with van der Waals surface area (Å²) < 4.78 is 1.52. The summed E-state index contributed by atoms with van der Waals surface area (Å²) in [6.45, 7) is 1.87. The molecule has 3 heteroatoms. The van der Waals surface area contributed by atoms with Crippen LogP contribution in [0.3, 0.4) is 0 Å². The molecule has 2 aromatic rings. The second-order valence-corrected chi connectivity index (χ2v) is 4.02.